The van der Waals surface area contributed by atoms with E-state index in [0.29, 0.717) is 11.5 Å². The number of nitrogens with two attached hydrogens (primary N) is 1. The Kier molecular flexibility index (Phi) is 5.58. The lowest BCUT2D eigenvalue weighted by Gasteiger charge is -2.10. The van der Waals surface area contributed by atoms with Crippen molar-refractivity contribution in [1.29, 1.82) is 0 Å². The van der Waals surface area contributed by atoms with Crippen molar-refractivity contribution in [3.63, 3.8) is 0 Å². The maximum atomic E-state index is 11.3. The molecule has 0 bridgehead atoms. The van der Waals surface area contributed by atoms with Crippen molar-refractivity contribution >= 4 is 27.5 Å². The first-order chi connectivity index (χ1) is 8.58. The number of carbonyl (C=O) groups excluding carboxylic acids is 1. The SMILES string of the molecule is CC/C=C(/Oc1ccc(Br)cc1)C(=NC)C(N)=O. The fourth-order valence-corrected chi connectivity index (χ4v) is 1.61. The highest BCUT2D eigenvalue weighted by atomic mass is 79.9. The highest BCUT2D eigenvalue weighted by Crippen LogP contribution is 2.19. The first-order valence-electron chi connectivity index (χ1n) is 5.49. The van der Waals surface area contributed by atoms with Crippen LogP contribution < -0.4 is 10.5 Å². The van der Waals surface area contributed by atoms with Gasteiger partial charge in [-0.05, 0) is 36.8 Å². The number of aliphatic imine (C=N–C) groups is 1. The standard InChI is InChI=1S/C13H15BrN2O2/c1-3-4-11(12(16-2)13(15)17)18-10-7-5-9(14)6-8-10/h4-8H,3H2,1-2H3,(H2,15,17)/b11-4+,16-12?. The molecule has 0 saturated heterocycles. The Morgan fingerprint density at radius 1 is 1.44 bits per heavy atom. The van der Waals surface area contributed by atoms with Gasteiger partial charge in [0, 0.05) is 11.5 Å². The van der Waals surface area contributed by atoms with Gasteiger partial charge in [-0.3, -0.25) is 9.79 Å². The second-order valence-corrected chi connectivity index (χ2v) is 4.38. The molecule has 0 atom stereocenters. The predicted octanol–water partition coefficient (Wildman–Crippen LogP) is 2.68. The van der Waals surface area contributed by atoms with Crippen LogP contribution in [0.3, 0.4) is 0 Å². The Labute approximate surface area is 115 Å². The zero-order valence-electron chi connectivity index (χ0n) is 10.3. The number of allylic oxidation sites excluding steroid dienone is 1. The molecule has 18 heavy (non-hydrogen) atoms. The Balaban J connectivity index is 2.98. The van der Waals surface area contributed by atoms with Gasteiger partial charge in [-0.1, -0.05) is 22.9 Å². The average molecular weight is 311 g/mol. The van der Waals surface area contributed by atoms with Gasteiger partial charge in [-0.25, -0.2) is 0 Å². The summed E-state index contributed by atoms with van der Waals surface area (Å²) in [6.07, 6.45) is 2.49. The minimum Gasteiger partial charge on any atom is -0.455 e. The van der Waals surface area contributed by atoms with Crippen LogP contribution in [0.2, 0.25) is 0 Å². The van der Waals surface area contributed by atoms with E-state index in [4.69, 9.17) is 10.5 Å². The molecule has 5 heteroatoms. The quantitative estimate of drug-likeness (QED) is 0.671. The average Bonchev–Trinajstić information content (AvgIpc) is 2.32. The molecular weight excluding hydrogens is 296 g/mol. The second kappa shape index (κ2) is 6.96. The number of hydrogen-bond acceptors (Lipinski definition) is 3. The van der Waals surface area contributed by atoms with Crippen LogP contribution in [-0.4, -0.2) is 18.7 Å². The first kappa shape index (κ1) is 14.4. The molecule has 0 aliphatic heterocycles. The molecule has 0 aromatic heterocycles. The monoisotopic (exact) mass is 310 g/mol. The summed E-state index contributed by atoms with van der Waals surface area (Å²) in [5, 5.41) is 0. The van der Waals surface area contributed by atoms with Gasteiger partial charge >= 0.3 is 0 Å². The molecule has 1 rings (SSSR count). The largest absolute Gasteiger partial charge is 0.455 e. The summed E-state index contributed by atoms with van der Waals surface area (Å²) >= 11 is 3.34. The summed E-state index contributed by atoms with van der Waals surface area (Å²) in [5.41, 5.74) is 5.40. The van der Waals surface area contributed by atoms with Gasteiger partial charge in [0.1, 0.15) is 5.75 Å². The van der Waals surface area contributed by atoms with Gasteiger partial charge in [-0.15, -0.1) is 0 Å². The zero-order valence-corrected chi connectivity index (χ0v) is 11.9. The van der Waals surface area contributed by atoms with Crippen molar-refractivity contribution in [2.45, 2.75) is 13.3 Å². The van der Waals surface area contributed by atoms with E-state index < -0.39 is 5.91 Å². The summed E-state index contributed by atoms with van der Waals surface area (Å²) < 4.78 is 6.59. The Morgan fingerprint density at radius 2 is 2.06 bits per heavy atom. The molecule has 0 radical (unpaired) electrons. The number of benzene rings is 1. The van der Waals surface area contributed by atoms with E-state index in [1.54, 1.807) is 18.2 Å². The zero-order chi connectivity index (χ0) is 13.5. The van der Waals surface area contributed by atoms with Crippen LogP contribution in [0.4, 0.5) is 0 Å². The van der Waals surface area contributed by atoms with Crippen molar-refractivity contribution in [2.75, 3.05) is 7.05 Å². The lowest BCUT2D eigenvalue weighted by molar-refractivity contribution is -0.112. The Bertz CT molecular complexity index is 478. The molecule has 0 aliphatic carbocycles. The van der Waals surface area contributed by atoms with Crippen LogP contribution in [0.15, 0.2) is 45.6 Å². The third kappa shape index (κ3) is 4.00. The van der Waals surface area contributed by atoms with Gasteiger partial charge in [0.15, 0.2) is 11.5 Å². The number of nitrogens with zero attached hydrogens (tertiary/aromatic N) is 1. The topological polar surface area (TPSA) is 64.7 Å². The number of primary amides is 1. The van der Waals surface area contributed by atoms with Gasteiger partial charge < -0.3 is 10.5 Å². The number of hydrogen-bond donors (Lipinski definition) is 1. The van der Waals surface area contributed by atoms with Crippen LogP contribution in [0.5, 0.6) is 5.75 Å². The summed E-state index contributed by atoms with van der Waals surface area (Å²) in [5.74, 6) is 0.407. The lowest BCUT2D eigenvalue weighted by Crippen LogP contribution is -2.27. The highest BCUT2D eigenvalue weighted by molar-refractivity contribution is 9.10. The van der Waals surface area contributed by atoms with Crippen LogP contribution in [-0.2, 0) is 4.79 Å². The number of halogens is 1. The molecule has 4 nitrogen and oxygen atoms in total. The summed E-state index contributed by atoms with van der Waals surface area (Å²) in [6.45, 7) is 1.94. The molecule has 0 spiro atoms. The minimum atomic E-state index is -0.602. The fourth-order valence-electron chi connectivity index (χ4n) is 1.34. The van der Waals surface area contributed by atoms with E-state index in [0.717, 1.165) is 10.9 Å². The number of amides is 1. The maximum absolute atomic E-state index is 11.3. The van der Waals surface area contributed by atoms with Crippen molar-refractivity contribution in [1.82, 2.24) is 0 Å². The van der Waals surface area contributed by atoms with E-state index in [2.05, 4.69) is 20.9 Å². The van der Waals surface area contributed by atoms with Gasteiger partial charge in [0.05, 0.1) is 0 Å². The molecule has 1 aromatic rings. The van der Waals surface area contributed by atoms with Crippen molar-refractivity contribution in [3.8, 4) is 5.75 Å². The number of rotatable bonds is 5. The molecule has 1 amide bonds. The molecule has 1 aromatic carbocycles. The molecule has 0 aliphatic rings. The highest BCUT2D eigenvalue weighted by Gasteiger charge is 2.14. The van der Waals surface area contributed by atoms with Crippen LogP contribution in [0.25, 0.3) is 0 Å². The lowest BCUT2D eigenvalue weighted by atomic mass is 10.2. The van der Waals surface area contributed by atoms with Gasteiger partial charge in [0.25, 0.3) is 5.91 Å². The van der Waals surface area contributed by atoms with E-state index in [-0.39, 0.29) is 5.71 Å². The van der Waals surface area contributed by atoms with Crippen molar-refractivity contribution in [2.24, 2.45) is 10.7 Å². The van der Waals surface area contributed by atoms with E-state index in [9.17, 15) is 4.79 Å². The summed E-state index contributed by atoms with van der Waals surface area (Å²) in [7, 11) is 1.51. The fraction of sp³-hybridized carbons (Fsp3) is 0.231. The van der Waals surface area contributed by atoms with Gasteiger partial charge in [0.2, 0.25) is 0 Å². The van der Waals surface area contributed by atoms with Crippen molar-refractivity contribution in [3.05, 3.63) is 40.6 Å². The van der Waals surface area contributed by atoms with Crippen LogP contribution in [0.1, 0.15) is 13.3 Å². The predicted molar refractivity (Wildman–Crippen MR) is 75.7 cm³/mol. The van der Waals surface area contributed by atoms with E-state index in [1.165, 1.54) is 7.05 Å². The van der Waals surface area contributed by atoms with E-state index >= 15 is 0 Å². The van der Waals surface area contributed by atoms with Crippen molar-refractivity contribution < 1.29 is 9.53 Å². The second-order valence-electron chi connectivity index (χ2n) is 3.47. The number of carbonyl (C=O) groups is 1. The molecule has 0 saturated carbocycles. The molecule has 0 heterocycles. The number of ether oxygens (including phenoxy) is 1. The molecule has 0 unspecified atom stereocenters. The molecule has 2 N–H and O–H groups in total. The van der Waals surface area contributed by atoms with E-state index in [1.807, 2.05) is 19.1 Å². The third-order valence-electron chi connectivity index (χ3n) is 2.12. The summed E-state index contributed by atoms with van der Waals surface area (Å²) in [6, 6.07) is 7.29. The normalized spacial score (nSPS) is 12.4. The smallest absolute Gasteiger partial charge is 0.270 e. The Hall–Kier alpha value is -1.62. The molecular formula is C13H15BrN2O2. The first-order valence-corrected chi connectivity index (χ1v) is 6.28. The van der Waals surface area contributed by atoms with Crippen LogP contribution in [0, 0.1) is 0 Å². The summed E-state index contributed by atoms with van der Waals surface area (Å²) in [4.78, 5) is 15.1. The molecule has 0 fully saturated rings. The molecule has 96 valence electrons. The third-order valence-corrected chi connectivity index (χ3v) is 2.65. The van der Waals surface area contributed by atoms with Gasteiger partial charge in [-0.2, -0.15) is 0 Å². The minimum absolute atomic E-state index is 0.139. The maximum Gasteiger partial charge on any atom is 0.270 e. The van der Waals surface area contributed by atoms with Crippen LogP contribution >= 0.6 is 15.9 Å². The Morgan fingerprint density at radius 3 is 2.50 bits per heavy atom.